The fraction of sp³-hybridized carbons (Fsp3) is 0.292. The molecule has 1 aliphatic rings. The summed E-state index contributed by atoms with van der Waals surface area (Å²) in [5, 5.41) is 7.71. The molecule has 0 saturated carbocycles. The fourth-order valence-corrected chi connectivity index (χ4v) is 4.02. The van der Waals surface area contributed by atoms with E-state index < -0.39 is 0 Å². The molecule has 2 heterocycles. The van der Waals surface area contributed by atoms with E-state index in [-0.39, 0.29) is 18.0 Å². The van der Waals surface area contributed by atoms with Gasteiger partial charge in [0.05, 0.1) is 29.9 Å². The van der Waals surface area contributed by atoms with Gasteiger partial charge < -0.3 is 14.8 Å². The van der Waals surface area contributed by atoms with Crippen LogP contribution in [0.1, 0.15) is 28.0 Å². The van der Waals surface area contributed by atoms with Crippen molar-refractivity contribution in [3.8, 4) is 16.9 Å². The van der Waals surface area contributed by atoms with Gasteiger partial charge in [0.15, 0.2) is 0 Å². The fourth-order valence-electron chi connectivity index (χ4n) is 3.73. The van der Waals surface area contributed by atoms with Gasteiger partial charge in [0.2, 0.25) is 5.91 Å². The highest BCUT2D eigenvalue weighted by Crippen LogP contribution is 2.39. The van der Waals surface area contributed by atoms with Gasteiger partial charge in [-0.05, 0) is 48.4 Å². The lowest BCUT2D eigenvalue weighted by Gasteiger charge is -2.12. The lowest BCUT2D eigenvalue weighted by molar-refractivity contribution is -0.121. The first-order valence-electron chi connectivity index (χ1n) is 10.4. The number of methoxy groups -OCH3 is 1. The average molecular weight is 454 g/mol. The van der Waals surface area contributed by atoms with E-state index in [1.165, 1.54) is 7.11 Å². The summed E-state index contributed by atoms with van der Waals surface area (Å²) in [4.78, 5) is 24.0. The maximum atomic E-state index is 12.2. The third-order valence-electron chi connectivity index (χ3n) is 5.34. The highest BCUT2D eigenvalue weighted by molar-refractivity contribution is 6.32. The van der Waals surface area contributed by atoms with Gasteiger partial charge in [-0.2, -0.15) is 5.10 Å². The Kier molecular flexibility index (Phi) is 6.46. The third kappa shape index (κ3) is 4.94. The second kappa shape index (κ2) is 9.44. The van der Waals surface area contributed by atoms with Crippen LogP contribution in [0.25, 0.3) is 11.1 Å². The Balaban J connectivity index is 1.38. The standard InChI is InChI=1S/C24H24ClN3O4/c1-15-6-8-28(27-15)9-7-22(29)26-14-20-12-19-11-18(13-21(25)23(19)32-20)16-4-3-5-17(10-16)24(30)31-2/h3-6,8,10-11,13,20H,7,9,12,14H2,1-2H3,(H,26,29)/t20-/m0/s1. The van der Waals surface area contributed by atoms with E-state index in [9.17, 15) is 9.59 Å². The van der Waals surface area contributed by atoms with Gasteiger partial charge in [0, 0.05) is 31.1 Å². The van der Waals surface area contributed by atoms with Crippen LogP contribution in [0.5, 0.6) is 5.75 Å². The number of nitrogens with one attached hydrogen (secondary N) is 1. The molecule has 1 atom stereocenters. The molecule has 0 saturated heterocycles. The van der Waals surface area contributed by atoms with Crippen molar-refractivity contribution in [3.63, 3.8) is 0 Å². The summed E-state index contributed by atoms with van der Waals surface area (Å²) >= 11 is 6.49. The molecule has 4 rings (SSSR count). The molecule has 8 heteroatoms. The number of benzene rings is 2. The number of fused-ring (bicyclic) bond motifs is 1. The van der Waals surface area contributed by atoms with Crippen LogP contribution < -0.4 is 10.1 Å². The summed E-state index contributed by atoms with van der Waals surface area (Å²) in [6.45, 7) is 2.85. The number of nitrogens with zero attached hydrogens (tertiary/aromatic N) is 2. The maximum absolute atomic E-state index is 12.2. The Morgan fingerprint density at radius 2 is 2.09 bits per heavy atom. The van der Waals surface area contributed by atoms with Gasteiger partial charge in [0.1, 0.15) is 11.9 Å². The Morgan fingerprint density at radius 3 is 2.84 bits per heavy atom. The molecule has 166 valence electrons. The molecule has 0 spiro atoms. The van der Waals surface area contributed by atoms with Crippen LogP contribution in [-0.2, 0) is 22.5 Å². The van der Waals surface area contributed by atoms with Crippen molar-refractivity contribution in [2.24, 2.45) is 0 Å². The van der Waals surface area contributed by atoms with Crippen molar-refractivity contribution in [2.75, 3.05) is 13.7 Å². The molecule has 2 aromatic carbocycles. The minimum absolute atomic E-state index is 0.0517. The topological polar surface area (TPSA) is 82.5 Å². The first kappa shape index (κ1) is 21.9. The molecule has 0 radical (unpaired) electrons. The van der Waals surface area contributed by atoms with Gasteiger partial charge in [-0.25, -0.2) is 4.79 Å². The highest BCUT2D eigenvalue weighted by atomic mass is 35.5. The van der Waals surface area contributed by atoms with Gasteiger partial charge in [0.25, 0.3) is 0 Å². The zero-order valence-electron chi connectivity index (χ0n) is 17.9. The molecule has 1 aliphatic heterocycles. The number of carbonyl (C=O) groups excluding carboxylic acids is 2. The zero-order chi connectivity index (χ0) is 22.7. The van der Waals surface area contributed by atoms with Crippen LogP contribution in [0.3, 0.4) is 0 Å². The molecule has 32 heavy (non-hydrogen) atoms. The largest absolute Gasteiger partial charge is 0.486 e. The summed E-state index contributed by atoms with van der Waals surface area (Å²) in [6, 6.07) is 13.0. The number of carbonyl (C=O) groups is 2. The van der Waals surface area contributed by atoms with E-state index in [1.807, 2.05) is 43.5 Å². The minimum Gasteiger partial charge on any atom is -0.486 e. The molecule has 7 nitrogen and oxygen atoms in total. The van der Waals surface area contributed by atoms with Gasteiger partial charge in [-0.15, -0.1) is 0 Å². The van der Waals surface area contributed by atoms with Crippen LogP contribution in [-0.4, -0.2) is 41.4 Å². The SMILES string of the molecule is COC(=O)c1cccc(-c2cc(Cl)c3c(c2)C[C@@H](CNC(=O)CCn2ccc(C)n2)O3)c1. The summed E-state index contributed by atoms with van der Waals surface area (Å²) in [6.07, 6.45) is 2.66. The third-order valence-corrected chi connectivity index (χ3v) is 5.62. The summed E-state index contributed by atoms with van der Waals surface area (Å²) in [5.41, 5.74) is 4.13. The number of hydrogen-bond acceptors (Lipinski definition) is 5. The predicted molar refractivity (Wildman–Crippen MR) is 121 cm³/mol. The minimum atomic E-state index is -0.388. The monoisotopic (exact) mass is 453 g/mol. The highest BCUT2D eigenvalue weighted by Gasteiger charge is 2.26. The first-order chi connectivity index (χ1) is 15.4. The average Bonchev–Trinajstić information content (AvgIpc) is 3.41. The second-order valence-electron chi connectivity index (χ2n) is 7.74. The van der Waals surface area contributed by atoms with Crippen LogP contribution >= 0.6 is 11.6 Å². The quantitative estimate of drug-likeness (QED) is 0.550. The van der Waals surface area contributed by atoms with Crippen molar-refractivity contribution in [2.45, 2.75) is 32.4 Å². The van der Waals surface area contributed by atoms with Gasteiger partial charge in [-0.1, -0.05) is 23.7 Å². The maximum Gasteiger partial charge on any atom is 0.337 e. The van der Waals surface area contributed by atoms with Crippen LogP contribution in [0.2, 0.25) is 5.02 Å². The predicted octanol–water partition coefficient (Wildman–Crippen LogP) is 3.81. The number of esters is 1. The Hall–Kier alpha value is -3.32. The van der Waals surface area contributed by atoms with E-state index in [2.05, 4.69) is 10.4 Å². The number of aryl methyl sites for hydroxylation is 2. The van der Waals surface area contributed by atoms with Crippen molar-refractivity contribution in [1.29, 1.82) is 0 Å². The molecule has 0 unspecified atom stereocenters. The smallest absolute Gasteiger partial charge is 0.337 e. The molecule has 1 aromatic heterocycles. The normalized spacial score (nSPS) is 14.5. The summed E-state index contributed by atoms with van der Waals surface area (Å²) in [5.74, 6) is 0.205. The molecular weight excluding hydrogens is 430 g/mol. The zero-order valence-corrected chi connectivity index (χ0v) is 18.7. The second-order valence-corrected chi connectivity index (χ2v) is 8.14. The number of ether oxygens (including phenoxy) is 2. The van der Waals surface area contributed by atoms with E-state index in [0.717, 1.165) is 22.4 Å². The van der Waals surface area contributed by atoms with Crippen molar-refractivity contribution >= 4 is 23.5 Å². The molecule has 1 amide bonds. The van der Waals surface area contributed by atoms with Crippen molar-refractivity contribution in [1.82, 2.24) is 15.1 Å². The van der Waals surface area contributed by atoms with Crippen LogP contribution in [0.15, 0.2) is 48.7 Å². The molecular formula is C24H24ClN3O4. The molecule has 0 fully saturated rings. The van der Waals surface area contributed by atoms with Gasteiger partial charge in [-0.3, -0.25) is 9.48 Å². The molecule has 3 aromatic rings. The molecule has 1 N–H and O–H groups in total. The van der Waals surface area contributed by atoms with E-state index in [1.54, 1.807) is 16.8 Å². The Bertz CT molecular complexity index is 1160. The number of aromatic nitrogens is 2. The number of rotatable bonds is 7. The number of amides is 1. The lowest BCUT2D eigenvalue weighted by atomic mass is 9.99. The molecule has 0 bridgehead atoms. The van der Waals surface area contributed by atoms with Crippen molar-refractivity contribution in [3.05, 3.63) is 70.5 Å². The summed E-state index contributed by atoms with van der Waals surface area (Å²) < 4.78 is 12.5. The lowest BCUT2D eigenvalue weighted by Crippen LogP contribution is -2.34. The number of halogens is 1. The van der Waals surface area contributed by atoms with Gasteiger partial charge >= 0.3 is 5.97 Å². The van der Waals surface area contributed by atoms with Crippen LogP contribution in [0, 0.1) is 6.92 Å². The molecule has 0 aliphatic carbocycles. The number of hydrogen-bond donors (Lipinski definition) is 1. The van der Waals surface area contributed by atoms with E-state index in [4.69, 9.17) is 21.1 Å². The van der Waals surface area contributed by atoms with Crippen molar-refractivity contribution < 1.29 is 19.1 Å². The van der Waals surface area contributed by atoms with E-state index >= 15 is 0 Å². The summed E-state index contributed by atoms with van der Waals surface area (Å²) in [7, 11) is 1.36. The Labute approximate surface area is 191 Å². The Morgan fingerprint density at radius 1 is 1.25 bits per heavy atom. The van der Waals surface area contributed by atoms with E-state index in [0.29, 0.717) is 42.3 Å². The first-order valence-corrected chi connectivity index (χ1v) is 10.8. The van der Waals surface area contributed by atoms with Crippen LogP contribution in [0.4, 0.5) is 0 Å².